The second-order valence-electron chi connectivity index (χ2n) is 10.4. The Bertz CT molecular complexity index is 1390. The van der Waals surface area contributed by atoms with Crippen LogP contribution in [-0.4, -0.2) is 87.6 Å². The molecule has 1 fully saturated rings. The largest absolute Gasteiger partial charge is 0.492 e. The van der Waals surface area contributed by atoms with Gasteiger partial charge in [-0.3, -0.25) is 14.6 Å². The number of amides is 1. The number of thiazole rings is 1. The van der Waals surface area contributed by atoms with E-state index in [2.05, 4.69) is 18.7 Å². The first kappa shape index (κ1) is 35.2. The molecule has 1 aliphatic heterocycles. The third-order valence-electron chi connectivity index (χ3n) is 7.37. The maximum Gasteiger partial charge on any atom is 0.260 e. The summed E-state index contributed by atoms with van der Waals surface area (Å²) in [5.41, 5.74) is 1.17. The lowest BCUT2D eigenvalue weighted by atomic mass is 10.2. The van der Waals surface area contributed by atoms with Crippen molar-refractivity contribution in [2.45, 2.75) is 57.8 Å². The van der Waals surface area contributed by atoms with Crippen molar-refractivity contribution in [1.82, 2.24) is 14.2 Å². The molecule has 1 saturated heterocycles. The number of anilines is 1. The number of fused-ring (bicyclic) bond motifs is 1. The Hall–Kier alpha value is -2.28. The Morgan fingerprint density at radius 1 is 0.977 bits per heavy atom. The molecule has 2 heterocycles. The maximum atomic E-state index is 14.0. The lowest BCUT2D eigenvalue weighted by Gasteiger charge is -2.27. The summed E-state index contributed by atoms with van der Waals surface area (Å²) < 4.78 is 40.7. The maximum absolute atomic E-state index is 14.0. The minimum absolute atomic E-state index is 0. The van der Waals surface area contributed by atoms with Gasteiger partial charge < -0.3 is 9.47 Å². The van der Waals surface area contributed by atoms with Crippen LogP contribution >= 0.6 is 23.7 Å². The van der Waals surface area contributed by atoms with E-state index in [4.69, 9.17) is 14.5 Å². The van der Waals surface area contributed by atoms with Gasteiger partial charge in [0, 0.05) is 44.8 Å². The second-order valence-corrected chi connectivity index (χ2v) is 13.4. The van der Waals surface area contributed by atoms with E-state index in [1.807, 2.05) is 25.1 Å². The Labute approximate surface area is 266 Å². The predicted molar refractivity (Wildman–Crippen MR) is 177 cm³/mol. The third-order valence-corrected chi connectivity index (χ3v) is 10.3. The van der Waals surface area contributed by atoms with Crippen molar-refractivity contribution in [2.75, 3.05) is 64.0 Å². The smallest absolute Gasteiger partial charge is 0.260 e. The van der Waals surface area contributed by atoms with E-state index >= 15 is 0 Å². The van der Waals surface area contributed by atoms with Crippen LogP contribution in [0.5, 0.6) is 5.75 Å². The fourth-order valence-electron chi connectivity index (χ4n) is 4.96. The molecule has 1 aromatic heterocycles. The summed E-state index contributed by atoms with van der Waals surface area (Å²) in [4.78, 5) is 23.1. The molecule has 4 rings (SSSR count). The number of sulfonamides is 1. The van der Waals surface area contributed by atoms with E-state index < -0.39 is 10.0 Å². The summed E-state index contributed by atoms with van der Waals surface area (Å²) in [6.07, 6.45) is 4.24. The number of hydrogen-bond donors (Lipinski definition) is 0. The van der Waals surface area contributed by atoms with Gasteiger partial charge in [0.1, 0.15) is 11.3 Å². The van der Waals surface area contributed by atoms with E-state index in [0.717, 1.165) is 75.2 Å². The molecule has 12 heteroatoms. The summed E-state index contributed by atoms with van der Waals surface area (Å²) in [6.45, 7) is 12.1. The van der Waals surface area contributed by atoms with Crippen LogP contribution in [0.15, 0.2) is 47.4 Å². The first-order valence-electron chi connectivity index (χ1n) is 15.1. The van der Waals surface area contributed by atoms with Crippen LogP contribution in [-0.2, 0) is 14.8 Å². The zero-order valence-corrected chi connectivity index (χ0v) is 27.9. The average Bonchev–Trinajstić information content (AvgIpc) is 3.45. The number of rotatable bonds is 16. The van der Waals surface area contributed by atoms with Crippen molar-refractivity contribution in [3.05, 3.63) is 48.0 Å². The quantitative estimate of drug-likeness (QED) is 0.185. The highest BCUT2D eigenvalue weighted by molar-refractivity contribution is 7.89. The highest BCUT2D eigenvalue weighted by Crippen LogP contribution is 2.35. The monoisotopic (exact) mass is 652 g/mol. The van der Waals surface area contributed by atoms with Crippen LogP contribution in [0, 0.1) is 0 Å². The molecule has 1 aliphatic rings. The van der Waals surface area contributed by atoms with Crippen molar-refractivity contribution in [3.63, 3.8) is 0 Å². The van der Waals surface area contributed by atoms with Crippen LogP contribution < -0.4 is 9.64 Å². The van der Waals surface area contributed by atoms with Gasteiger partial charge in [0.15, 0.2) is 5.13 Å². The van der Waals surface area contributed by atoms with Gasteiger partial charge >= 0.3 is 0 Å². The van der Waals surface area contributed by atoms with Crippen LogP contribution in [0.4, 0.5) is 5.13 Å². The fourth-order valence-corrected chi connectivity index (χ4v) is 7.48. The summed E-state index contributed by atoms with van der Waals surface area (Å²) >= 11 is 1.46. The van der Waals surface area contributed by atoms with Crippen LogP contribution in [0.3, 0.4) is 0 Å². The second kappa shape index (κ2) is 17.3. The summed E-state index contributed by atoms with van der Waals surface area (Å²) in [6, 6.07) is 12.2. The minimum Gasteiger partial charge on any atom is -0.492 e. The summed E-state index contributed by atoms with van der Waals surface area (Å²) in [5.74, 6) is 0.496. The van der Waals surface area contributed by atoms with E-state index in [1.54, 1.807) is 33.5 Å². The fraction of sp³-hybridized carbons (Fsp3) is 0.548. The number of carbonyl (C=O) groups excluding carboxylic acids is 1. The van der Waals surface area contributed by atoms with E-state index in [0.29, 0.717) is 42.7 Å². The molecule has 0 spiro atoms. The molecule has 0 atom stereocenters. The minimum atomic E-state index is -3.65. The van der Waals surface area contributed by atoms with Gasteiger partial charge in [-0.15, -0.1) is 12.4 Å². The van der Waals surface area contributed by atoms with Gasteiger partial charge in [-0.1, -0.05) is 44.1 Å². The Morgan fingerprint density at radius 3 is 2.28 bits per heavy atom. The zero-order chi connectivity index (χ0) is 30.0. The molecule has 1 amide bonds. The number of benzene rings is 2. The summed E-state index contributed by atoms with van der Waals surface area (Å²) in [7, 11) is -3.65. The lowest BCUT2D eigenvalue weighted by molar-refractivity contribution is 0.0376. The van der Waals surface area contributed by atoms with E-state index in [1.165, 1.54) is 11.3 Å². The molecule has 9 nitrogen and oxygen atoms in total. The average molecular weight is 653 g/mol. The molecule has 0 N–H and O–H groups in total. The van der Waals surface area contributed by atoms with Crippen LogP contribution in [0.1, 0.15) is 63.2 Å². The van der Waals surface area contributed by atoms with Gasteiger partial charge in [-0.2, -0.15) is 4.31 Å². The third kappa shape index (κ3) is 9.12. The van der Waals surface area contributed by atoms with Crippen molar-refractivity contribution in [2.24, 2.45) is 0 Å². The number of morpholine rings is 1. The van der Waals surface area contributed by atoms with Crippen LogP contribution in [0.25, 0.3) is 10.2 Å². The van der Waals surface area contributed by atoms with Gasteiger partial charge in [0.05, 0.1) is 29.4 Å². The molecule has 0 unspecified atom stereocenters. The van der Waals surface area contributed by atoms with Crippen molar-refractivity contribution >= 4 is 55.0 Å². The highest BCUT2D eigenvalue weighted by atomic mass is 35.5. The van der Waals surface area contributed by atoms with Crippen molar-refractivity contribution < 1.29 is 22.7 Å². The lowest BCUT2D eigenvalue weighted by Crippen LogP contribution is -2.39. The van der Waals surface area contributed by atoms with Gasteiger partial charge in [0.25, 0.3) is 5.91 Å². The molecule has 2 aromatic carbocycles. The van der Waals surface area contributed by atoms with Gasteiger partial charge in [-0.25, -0.2) is 13.4 Å². The van der Waals surface area contributed by atoms with Gasteiger partial charge in [-0.05, 0) is 62.6 Å². The molecule has 0 radical (unpaired) electrons. The standard InChI is InChI=1S/C31H44N4O5S2.ClH/c1-4-7-18-34(19-8-5-2)42(37,38)26-15-13-25(14-16-26)30(36)35(20-10-17-33-21-23-39-24-22-33)31-32-29-27(40-6-3)11-9-12-28(29)41-31;/h9,11-16H,4-8,10,17-24H2,1-3H3;1H. The normalized spacial score (nSPS) is 14.1. The molecule has 238 valence electrons. The molecule has 0 aliphatic carbocycles. The molecule has 0 saturated carbocycles. The van der Waals surface area contributed by atoms with E-state index in [9.17, 15) is 13.2 Å². The predicted octanol–water partition coefficient (Wildman–Crippen LogP) is 6.08. The van der Waals surface area contributed by atoms with Gasteiger partial charge in [0.2, 0.25) is 10.0 Å². The molecule has 3 aromatic rings. The number of hydrogen-bond acceptors (Lipinski definition) is 8. The Kier molecular flexibility index (Phi) is 14.1. The molecular formula is C31H45ClN4O5S2. The van der Waals surface area contributed by atoms with E-state index in [-0.39, 0.29) is 23.2 Å². The Balaban J connectivity index is 0.00000506. The highest BCUT2D eigenvalue weighted by Gasteiger charge is 2.26. The molecule has 0 bridgehead atoms. The topological polar surface area (TPSA) is 92.3 Å². The van der Waals surface area contributed by atoms with Crippen LogP contribution in [0.2, 0.25) is 0 Å². The molecule has 43 heavy (non-hydrogen) atoms. The SMILES string of the molecule is CCCCN(CCCC)S(=O)(=O)c1ccc(C(=O)N(CCCN2CCOCC2)c2nc3c(OCC)cccc3s2)cc1.Cl. The number of unbranched alkanes of at least 4 members (excludes halogenated alkanes) is 2. The first-order chi connectivity index (χ1) is 20.4. The number of halogens is 1. The van der Waals surface area contributed by atoms with Crippen molar-refractivity contribution in [1.29, 1.82) is 0 Å². The zero-order valence-electron chi connectivity index (χ0n) is 25.5. The number of nitrogens with zero attached hydrogens (tertiary/aromatic N) is 4. The number of para-hydroxylation sites is 1. The summed E-state index contributed by atoms with van der Waals surface area (Å²) in [5, 5.41) is 0.603. The number of carbonyl (C=O) groups is 1. The number of aromatic nitrogens is 1. The molecular weight excluding hydrogens is 608 g/mol. The van der Waals surface area contributed by atoms with Crippen molar-refractivity contribution in [3.8, 4) is 5.75 Å². The number of ether oxygens (including phenoxy) is 2. The Morgan fingerprint density at radius 2 is 1.65 bits per heavy atom. The first-order valence-corrected chi connectivity index (χ1v) is 17.4.